The Kier molecular flexibility index (Phi) is 5.06. The van der Waals surface area contributed by atoms with Crippen molar-refractivity contribution in [2.75, 3.05) is 0 Å². The molecule has 3 nitrogen and oxygen atoms in total. The van der Waals surface area contributed by atoms with Gasteiger partial charge in [-0.3, -0.25) is 4.79 Å². The first kappa shape index (κ1) is 15.2. The smallest absolute Gasteiger partial charge is 0.237 e. The molecule has 4 heteroatoms. The molecule has 2 aromatic rings. The van der Waals surface area contributed by atoms with E-state index in [1.165, 1.54) is 6.07 Å². The number of hydrogen-bond donors (Lipinski definition) is 2. The van der Waals surface area contributed by atoms with Crippen LogP contribution in [0.2, 0.25) is 0 Å². The molecule has 110 valence electrons. The molecule has 0 heterocycles. The second kappa shape index (κ2) is 6.99. The van der Waals surface area contributed by atoms with Crippen LogP contribution in [0.5, 0.6) is 0 Å². The minimum Gasteiger partial charge on any atom is -0.348 e. The van der Waals surface area contributed by atoms with Crippen LogP contribution < -0.4 is 11.1 Å². The summed E-state index contributed by atoms with van der Waals surface area (Å²) in [5, 5.41) is 2.75. The topological polar surface area (TPSA) is 55.1 Å². The Bertz CT molecular complexity index is 601. The van der Waals surface area contributed by atoms with Crippen LogP contribution in [0.4, 0.5) is 4.39 Å². The molecule has 0 spiro atoms. The number of halogens is 1. The standard InChI is InChI=1S/C17H19FN2O/c1-12(14-9-5-6-10-15(14)18)20-17(21)16(19)11-13-7-3-2-4-8-13/h2-10,12,16H,11,19H2,1H3,(H,20,21)/t12-,16+/m1/s1. The van der Waals surface area contributed by atoms with Crippen molar-refractivity contribution in [3.63, 3.8) is 0 Å². The van der Waals surface area contributed by atoms with E-state index in [-0.39, 0.29) is 11.7 Å². The summed E-state index contributed by atoms with van der Waals surface area (Å²) in [6.07, 6.45) is 0.455. The van der Waals surface area contributed by atoms with E-state index in [0.29, 0.717) is 12.0 Å². The third kappa shape index (κ3) is 4.13. The Morgan fingerprint density at radius 2 is 1.76 bits per heavy atom. The predicted octanol–water partition coefficient (Wildman–Crippen LogP) is 2.57. The van der Waals surface area contributed by atoms with Crippen LogP contribution >= 0.6 is 0 Å². The summed E-state index contributed by atoms with van der Waals surface area (Å²) in [7, 11) is 0. The van der Waals surface area contributed by atoms with Crippen molar-refractivity contribution in [1.82, 2.24) is 5.32 Å². The van der Waals surface area contributed by atoms with Crippen LogP contribution in [0.25, 0.3) is 0 Å². The number of carbonyl (C=O) groups excluding carboxylic acids is 1. The van der Waals surface area contributed by atoms with Gasteiger partial charge >= 0.3 is 0 Å². The van der Waals surface area contributed by atoms with Crippen LogP contribution in [0, 0.1) is 5.82 Å². The average molecular weight is 286 g/mol. The Morgan fingerprint density at radius 3 is 2.43 bits per heavy atom. The lowest BCUT2D eigenvalue weighted by Gasteiger charge is -2.18. The Hall–Kier alpha value is -2.20. The third-order valence-corrected chi connectivity index (χ3v) is 3.37. The van der Waals surface area contributed by atoms with Crippen LogP contribution in [0.15, 0.2) is 54.6 Å². The highest BCUT2D eigenvalue weighted by Crippen LogP contribution is 2.16. The lowest BCUT2D eigenvalue weighted by molar-refractivity contribution is -0.123. The van der Waals surface area contributed by atoms with E-state index in [4.69, 9.17) is 5.73 Å². The fraction of sp³-hybridized carbons (Fsp3) is 0.235. The molecule has 0 unspecified atom stereocenters. The largest absolute Gasteiger partial charge is 0.348 e. The molecule has 0 saturated carbocycles. The molecule has 0 saturated heterocycles. The summed E-state index contributed by atoms with van der Waals surface area (Å²) >= 11 is 0. The van der Waals surface area contributed by atoms with Gasteiger partial charge in [0.2, 0.25) is 5.91 Å². The maximum absolute atomic E-state index is 13.7. The van der Waals surface area contributed by atoms with Crippen molar-refractivity contribution >= 4 is 5.91 Å². The third-order valence-electron chi connectivity index (χ3n) is 3.37. The first-order valence-corrected chi connectivity index (χ1v) is 6.92. The quantitative estimate of drug-likeness (QED) is 0.887. The van der Waals surface area contributed by atoms with Gasteiger partial charge in [-0.2, -0.15) is 0 Å². The lowest BCUT2D eigenvalue weighted by atomic mass is 10.0. The summed E-state index contributed by atoms with van der Waals surface area (Å²) in [5.74, 6) is -0.614. The van der Waals surface area contributed by atoms with Crippen molar-refractivity contribution in [1.29, 1.82) is 0 Å². The van der Waals surface area contributed by atoms with Crippen molar-refractivity contribution in [2.24, 2.45) is 5.73 Å². The van der Waals surface area contributed by atoms with Gasteiger partial charge in [0.25, 0.3) is 0 Å². The Morgan fingerprint density at radius 1 is 1.14 bits per heavy atom. The Balaban J connectivity index is 1.96. The van der Waals surface area contributed by atoms with Crippen LogP contribution in [0.1, 0.15) is 24.1 Å². The normalized spacial score (nSPS) is 13.5. The molecular formula is C17H19FN2O. The van der Waals surface area contributed by atoms with Gasteiger partial charge in [-0.25, -0.2) is 4.39 Å². The SMILES string of the molecule is C[C@@H](NC(=O)[C@@H](N)Cc1ccccc1)c1ccccc1F. The first-order chi connectivity index (χ1) is 10.1. The highest BCUT2D eigenvalue weighted by Gasteiger charge is 2.18. The molecule has 0 radical (unpaired) electrons. The Labute approximate surface area is 124 Å². The average Bonchev–Trinajstić information content (AvgIpc) is 2.48. The number of amides is 1. The minimum absolute atomic E-state index is 0.283. The molecule has 0 fully saturated rings. The zero-order valence-electron chi connectivity index (χ0n) is 11.9. The summed E-state index contributed by atoms with van der Waals surface area (Å²) in [4.78, 5) is 12.1. The van der Waals surface area contributed by atoms with Crippen molar-refractivity contribution in [3.05, 3.63) is 71.5 Å². The fourth-order valence-electron chi connectivity index (χ4n) is 2.19. The van der Waals surface area contributed by atoms with Gasteiger partial charge in [0.05, 0.1) is 12.1 Å². The summed E-state index contributed by atoms with van der Waals surface area (Å²) in [5.41, 5.74) is 7.36. The number of benzene rings is 2. The molecule has 2 atom stereocenters. The molecule has 0 aliphatic rings. The number of nitrogens with two attached hydrogens (primary N) is 1. The number of hydrogen-bond acceptors (Lipinski definition) is 2. The molecule has 2 aromatic carbocycles. The number of nitrogens with one attached hydrogen (secondary N) is 1. The number of rotatable bonds is 5. The van der Waals surface area contributed by atoms with Crippen LogP contribution in [-0.2, 0) is 11.2 Å². The van der Waals surface area contributed by atoms with Gasteiger partial charge in [0, 0.05) is 5.56 Å². The van der Waals surface area contributed by atoms with E-state index in [9.17, 15) is 9.18 Å². The maximum Gasteiger partial charge on any atom is 0.237 e. The minimum atomic E-state index is -0.651. The molecule has 0 aliphatic carbocycles. The molecular weight excluding hydrogens is 267 g/mol. The molecule has 0 bridgehead atoms. The van der Waals surface area contributed by atoms with E-state index in [1.807, 2.05) is 30.3 Å². The van der Waals surface area contributed by atoms with E-state index < -0.39 is 12.1 Å². The predicted molar refractivity (Wildman–Crippen MR) is 81.1 cm³/mol. The van der Waals surface area contributed by atoms with Gasteiger partial charge in [-0.15, -0.1) is 0 Å². The summed E-state index contributed by atoms with van der Waals surface area (Å²) in [6, 6.07) is 14.9. The van der Waals surface area contributed by atoms with Gasteiger partial charge in [0.15, 0.2) is 0 Å². The first-order valence-electron chi connectivity index (χ1n) is 6.92. The van der Waals surface area contributed by atoms with Gasteiger partial charge in [0.1, 0.15) is 5.82 Å². The van der Waals surface area contributed by atoms with Crippen LogP contribution in [-0.4, -0.2) is 11.9 Å². The zero-order valence-corrected chi connectivity index (χ0v) is 11.9. The van der Waals surface area contributed by atoms with Crippen molar-refractivity contribution in [2.45, 2.75) is 25.4 Å². The van der Waals surface area contributed by atoms with E-state index in [2.05, 4.69) is 5.32 Å². The van der Waals surface area contributed by atoms with Gasteiger partial charge < -0.3 is 11.1 Å². The molecule has 1 amide bonds. The van der Waals surface area contributed by atoms with Crippen molar-refractivity contribution < 1.29 is 9.18 Å². The maximum atomic E-state index is 13.7. The van der Waals surface area contributed by atoms with Gasteiger partial charge in [-0.1, -0.05) is 48.5 Å². The molecule has 0 aromatic heterocycles. The van der Waals surface area contributed by atoms with E-state index >= 15 is 0 Å². The lowest BCUT2D eigenvalue weighted by Crippen LogP contribution is -2.43. The van der Waals surface area contributed by atoms with E-state index in [0.717, 1.165) is 5.56 Å². The monoisotopic (exact) mass is 286 g/mol. The zero-order chi connectivity index (χ0) is 15.2. The number of carbonyl (C=O) groups is 1. The summed E-state index contributed by atoms with van der Waals surface area (Å²) < 4.78 is 13.7. The fourth-order valence-corrected chi connectivity index (χ4v) is 2.19. The second-order valence-corrected chi connectivity index (χ2v) is 5.05. The highest BCUT2D eigenvalue weighted by molar-refractivity contribution is 5.82. The van der Waals surface area contributed by atoms with E-state index in [1.54, 1.807) is 25.1 Å². The molecule has 2 rings (SSSR count). The summed E-state index contributed by atoms with van der Waals surface area (Å²) in [6.45, 7) is 1.74. The van der Waals surface area contributed by atoms with Gasteiger partial charge in [-0.05, 0) is 25.0 Å². The molecule has 0 aliphatic heterocycles. The molecule has 21 heavy (non-hydrogen) atoms. The van der Waals surface area contributed by atoms with Crippen LogP contribution in [0.3, 0.4) is 0 Å². The second-order valence-electron chi connectivity index (χ2n) is 5.05. The van der Waals surface area contributed by atoms with Crippen molar-refractivity contribution in [3.8, 4) is 0 Å². The highest BCUT2D eigenvalue weighted by atomic mass is 19.1. The molecule has 3 N–H and O–H groups in total.